The molecule has 37 heavy (non-hydrogen) atoms. The molecule has 4 rings (SSSR count). The number of hydrogen-bond donors (Lipinski definition) is 2. The molecule has 1 fully saturated rings. The molecule has 1 saturated carbocycles. The van der Waals surface area contributed by atoms with Gasteiger partial charge in [-0.2, -0.15) is 0 Å². The van der Waals surface area contributed by atoms with Crippen molar-refractivity contribution in [3.05, 3.63) is 65.7 Å². The van der Waals surface area contributed by atoms with Crippen LogP contribution in [0.5, 0.6) is 0 Å². The number of para-hydroxylation sites is 1. The molecule has 6 nitrogen and oxygen atoms in total. The molecule has 2 amide bonds. The van der Waals surface area contributed by atoms with Crippen LogP contribution in [-0.4, -0.2) is 34.9 Å². The lowest BCUT2D eigenvalue weighted by Crippen LogP contribution is -2.50. The SMILES string of the molecule is CCCCC1=N[C@H](NC(=O)C(CC2CC2)C(O)CCCC)C(=O)N(Cc2ccccc2)c2ccccc21. The molecule has 0 radical (unpaired) electrons. The van der Waals surface area contributed by atoms with Crippen LogP contribution in [0.3, 0.4) is 0 Å². The second-order valence-corrected chi connectivity index (χ2v) is 10.5. The van der Waals surface area contributed by atoms with Gasteiger partial charge in [0.15, 0.2) is 0 Å². The van der Waals surface area contributed by atoms with Gasteiger partial charge in [-0.1, -0.05) is 94.5 Å². The van der Waals surface area contributed by atoms with E-state index in [1.54, 1.807) is 4.90 Å². The van der Waals surface area contributed by atoms with E-state index in [-0.39, 0.29) is 11.8 Å². The average molecular weight is 504 g/mol. The highest BCUT2D eigenvalue weighted by Gasteiger charge is 2.37. The standard InChI is InChI=1S/C31H41N3O3/c1-3-5-15-26-24-14-10-11-16-27(24)34(21-23-12-8-7-9-13-23)31(37)29(32-26)33-30(36)25(20-22-18-19-22)28(35)17-6-4-2/h7-14,16,22,25,28-29,35H,3-6,15,17-21H2,1-2H3,(H,33,36)/t25?,28?,29-/m1/s1. The summed E-state index contributed by atoms with van der Waals surface area (Å²) in [6, 6.07) is 17.8. The van der Waals surface area contributed by atoms with E-state index in [1.165, 1.54) is 0 Å². The monoisotopic (exact) mass is 503 g/mol. The number of carbonyl (C=O) groups is 2. The first-order chi connectivity index (χ1) is 18.0. The second kappa shape index (κ2) is 13.0. The third kappa shape index (κ3) is 7.07. The number of nitrogens with zero attached hydrogens (tertiary/aromatic N) is 2. The van der Waals surface area contributed by atoms with Crippen molar-refractivity contribution in [3.63, 3.8) is 0 Å². The fourth-order valence-electron chi connectivity index (χ4n) is 5.07. The van der Waals surface area contributed by atoms with Crippen LogP contribution >= 0.6 is 0 Å². The maximum atomic E-state index is 14.0. The number of benzene rings is 2. The van der Waals surface area contributed by atoms with Gasteiger partial charge in [0.05, 0.1) is 24.3 Å². The number of benzodiazepines with no additional fused rings is 1. The molecule has 2 unspecified atom stereocenters. The smallest absolute Gasteiger partial charge is 0.272 e. The summed E-state index contributed by atoms with van der Waals surface area (Å²) in [5, 5.41) is 13.9. The molecule has 3 atom stereocenters. The number of anilines is 1. The van der Waals surface area contributed by atoms with E-state index in [4.69, 9.17) is 4.99 Å². The van der Waals surface area contributed by atoms with E-state index in [2.05, 4.69) is 19.2 Å². The summed E-state index contributed by atoms with van der Waals surface area (Å²) in [7, 11) is 0. The maximum Gasteiger partial charge on any atom is 0.272 e. The molecule has 0 bridgehead atoms. The number of nitrogens with one attached hydrogen (secondary N) is 1. The number of fused-ring (bicyclic) bond motifs is 1. The molecule has 198 valence electrons. The number of aliphatic hydroxyl groups is 1. The number of carbonyl (C=O) groups excluding carboxylic acids is 2. The summed E-state index contributed by atoms with van der Waals surface area (Å²) in [4.78, 5) is 34.2. The van der Waals surface area contributed by atoms with Gasteiger partial charge in [-0.3, -0.25) is 14.6 Å². The summed E-state index contributed by atoms with van der Waals surface area (Å²) < 4.78 is 0. The second-order valence-electron chi connectivity index (χ2n) is 10.5. The lowest BCUT2D eigenvalue weighted by atomic mass is 9.91. The Kier molecular flexibility index (Phi) is 9.51. The zero-order chi connectivity index (χ0) is 26.2. The molecule has 0 spiro atoms. The fourth-order valence-corrected chi connectivity index (χ4v) is 5.07. The van der Waals surface area contributed by atoms with Gasteiger partial charge >= 0.3 is 0 Å². The molecular weight excluding hydrogens is 462 g/mol. The quantitative estimate of drug-likeness (QED) is 0.372. The molecule has 1 aliphatic heterocycles. The molecule has 2 aliphatic rings. The van der Waals surface area contributed by atoms with Crippen molar-refractivity contribution in [2.24, 2.45) is 16.8 Å². The first-order valence-corrected chi connectivity index (χ1v) is 14.0. The number of hydrogen-bond acceptors (Lipinski definition) is 4. The predicted molar refractivity (Wildman–Crippen MR) is 148 cm³/mol. The van der Waals surface area contributed by atoms with Gasteiger partial charge in [-0.25, -0.2) is 0 Å². The topological polar surface area (TPSA) is 82.0 Å². The fraction of sp³-hybridized carbons (Fsp3) is 0.516. The number of aliphatic imine (C=N–C) groups is 1. The molecule has 2 aromatic rings. The number of amides is 2. The minimum atomic E-state index is -1.02. The maximum absolute atomic E-state index is 14.0. The average Bonchev–Trinajstić information content (AvgIpc) is 3.75. The first kappa shape index (κ1) is 27.1. The zero-order valence-corrected chi connectivity index (χ0v) is 22.2. The van der Waals surface area contributed by atoms with Crippen LogP contribution in [0.2, 0.25) is 0 Å². The Balaban J connectivity index is 1.65. The largest absolute Gasteiger partial charge is 0.392 e. The third-order valence-electron chi connectivity index (χ3n) is 7.46. The Morgan fingerprint density at radius 1 is 1.05 bits per heavy atom. The summed E-state index contributed by atoms with van der Waals surface area (Å²) >= 11 is 0. The highest BCUT2D eigenvalue weighted by molar-refractivity contribution is 6.13. The summed E-state index contributed by atoms with van der Waals surface area (Å²) in [5.74, 6) is -0.545. The van der Waals surface area contributed by atoms with E-state index >= 15 is 0 Å². The van der Waals surface area contributed by atoms with E-state index in [1.807, 2.05) is 54.6 Å². The van der Waals surface area contributed by atoms with Crippen LogP contribution in [0.4, 0.5) is 5.69 Å². The number of rotatable bonds is 13. The van der Waals surface area contributed by atoms with Crippen molar-refractivity contribution >= 4 is 23.2 Å². The summed E-state index contributed by atoms with van der Waals surface area (Å²) in [6.45, 7) is 4.61. The van der Waals surface area contributed by atoms with Gasteiger partial charge in [0.2, 0.25) is 12.1 Å². The van der Waals surface area contributed by atoms with E-state index < -0.39 is 18.2 Å². The van der Waals surface area contributed by atoms with Crippen molar-refractivity contribution in [1.29, 1.82) is 0 Å². The van der Waals surface area contributed by atoms with E-state index in [0.29, 0.717) is 25.3 Å². The molecular formula is C31H41N3O3. The molecule has 6 heteroatoms. The van der Waals surface area contributed by atoms with Crippen molar-refractivity contribution in [1.82, 2.24) is 5.32 Å². The van der Waals surface area contributed by atoms with Crippen molar-refractivity contribution in [3.8, 4) is 0 Å². The van der Waals surface area contributed by atoms with Crippen LogP contribution in [0, 0.1) is 11.8 Å². The lowest BCUT2D eigenvalue weighted by Gasteiger charge is -2.27. The van der Waals surface area contributed by atoms with Gasteiger partial charge < -0.3 is 15.3 Å². The molecule has 0 saturated heterocycles. The van der Waals surface area contributed by atoms with Crippen molar-refractivity contribution < 1.29 is 14.7 Å². The minimum Gasteiger partial charge on any atom is -0.392 e. The molecule has 0 aromatic heterocycles. The Morgan fingerprint density at radius 3 is 2.46 bits per heavy atom. The Hall–Kier alpha value is -2.99. The number of unbranched alkanes of at least 4 members (excludes halogenated alkanes) is 2. The predicted octanol–water partition coefficient (Wildman–Crippen LogP) is 5.62. The van der Waals surface area contributed by atoms with Crippen molar-refractivity contribution in [2.45, 2.75) is 90.4 Å². The van der Waals surface area contributed by atoms with E-state index in [0.717, 1.165) is 67.5 Å². The highest BCUT2D eigenvalue weighted by atomic mass is 16.3. The lowest BCUT2D eigenvalue weighted by molar-refractivity contribution is -0.133. The Morgan fingerprint density at radius 2 is 1.76 bits per heavy atom. The van der Waals surface area contributed by atoms with Crippen LogP contribution in [0.15, 0.2) is 59.6 Å². The molecule has 1 heterocycles. The molecule has 1 aliphatic carbocycles. The van der Waals surface area contributed by atoms with Crippen LogP contribution < -0.4 is 10.2 Å². The van der Waals surface area contributed by atoms with Gasteiger partial charge in [-0.15, -0.1) is 0 Å². The van der Waals surface area contributed by atoms with E-state index in [9.17, 15) is 14.7 Å². The normalized spacial score (nSPS) is 19.0. The van der Waals surface area contributed by atoms with Gasteiger partial charge in [0, 0.05) is 11.3 Å². The van der Waals surface area contributed by atoms with Crippen molar-refractivity contribution in [2.75, 3.05) is 4.90 Å². The zero-order valence-electron chi connectivity index (χ0n) is 22.2. The van der Waals surface area contributed by atoms with Gasteiger partial charge in [0.25, 0.3) is 5.91 Å². The van der Waals surface area contributed by atoms with Gasteiger partial charge in [-0.05, 0) is 43.2 Å². The van der Waals surface area contributed by atoms with Gasteiger partial charge in [0.1, 0.15) is 0 Å². The van der Waals surface area contributed by atoms with Crippen LogP contribution in [0.25, 0.3) is 0 Å². The molecule has 2 aromatic carbocycles. The summed E-state index contributed by atoms with van der Waals surface area (Å²) in [6.07, 6.45) is 6.26. The minimum absolute atomic E-state index is 0.246. The van der Waals surface area contributed by atoms with Crippen LogP contribution in [0.1, 0.15) is 82.8 Å². The Bertz CT molecular complexity index is 1080. The summed E-state index contributed by atoms with van der Waals surface area (Å²) in [5.41, 5.74) is 3.61. The highest BCUT2D eigenvalue weighted by Crippen LogP contribution is 2.37. The first-order valence-electron chi connectivity index (χ1n) is 14.0. The molecule has 2 N–H and O–H groups in total. The third-order valence-corrected chi connectivity index (χ3v) is 7.46. The Labute approximate surface area is 221 Å². The van der Waals surface area contributed by atoms with Crippen LogP contribution in [-0.2, 0) is 16.1 Å². The number of aliphatic hydroxyl groups excluding tert-OH is 1.